The zero-order valence-electron chi connectivity index (χ0n) is 9.08. The first kappa shape index (κ1) is 10.2. The summed E-state index contributed by atoms with van der Waals surface area (Å²) in [6.07, 6.45) is 1.75. The topological polar surface area (TPSA) is 60.9 Å². The Kier molecular flexibility index (Phi) is 2.29. The first-order valence-electron chi connectivity index (χ1n) is 5.10. The monoisotopic (exact) mass is 247 g/mol. The number of thiophene rings is 1. The Morgan fingerprint density at radius 2 is 2.35 bits per heavy atom. The summed E-state index contributed by atoms with van der Waals surface area (Å²) in [6.45, 7) is 2.06. The van der Waals surface area contributed by atoms with Crippen molar-refractivity contribution >= 4 is 21.4 Å². The van der Waals surface area contributed by atoms with E-state index in [1.54, 1.807) is 29.0 Å². The molecule has 0 aliphatic rings. The van der Waals surface area contributed by atoms with Crippen molar-refractivity contribution in [1.82, 2.24) is 14.7 Å². The Hall–Kier alpha value is -1.95. The van der Waals surface area contributed by atoms with E-state index in [2.05, 4.69) is 10.1 Å². The largest absolute Gasteiger partial charge is 0.337 e. The summed E-state index contributed by atoms with van der Waals surface area (Å²) in [5.74, 6) is 1.02. The van der Waals surface area contributed by atoms with E-state index in [1.807, 2.05) is 17.5 Å². The molecule has 3 aromatic heterocycles. The molecule has 0 fully saturated rings. The van der Waals surface area contributed by atoms with Gasteiger partial charge in [0.2, 0.25) is 5.89 Å². The third-order valence-corrected chi connectivity index (χ3v) is 3.35. The SMILES string of the molecule is Cc1noc(Cn2ccc3sccc3c2=O)n1. The number of nitrogens with zero attached hydrogens (tertiary/aromatic N) is 3. The molecule has 3 heterocycles. The lowest BCUT2D eigenvalue weighted by atomic mass is 10.3. The van der Waals surface area contributed by atoms with Crippen LogP contribution in [0.15, 0.2) is 33.0 Å². The molecule has 0 aromatic carbocycles. The number of hydrogen-bond donors (Lipinski definition) is 0. The molecule has 0 radical (unpaired) electrons. The van der Waals surface area contributed by atoms with Crippen LogP contribution in [-0.4, -0.2) is 14.7 Å². The lowest BCUT2D eigenvalue weighted by molar-refractivity contribution is 0.366. The second-order valence-corrected chi connectivity index (χ2v) is 4.63. The van der Waals surface area contributed by atoms with Gasteiger partial charge in [-0.15, -0.1) is 11.3 Å². The first-order chi connectivity index (χ1) is 8.24. The van der Waals surface area contributed by atoms with Crippen molar-refractivity contribution in [3.8, 4) is 0 Å². The standard InChI is InChI=1S/C11H9N3O2S/c1-7-12-10(16-13-7)6-14-4-2-9-8(11(14)15)3-5-17-9/h2-5H,6H2,1H3. The molecular formula is C11H9N3O2S. The highest BCUT2D eigenvalue weighted by molar-refractivity contribution is 7.17. The third kappa shape index (κ3) is 1.76. The Labute approximate surface area is 100 Å². The van der Waals surface area contributed by atoms with Crippen LogP contribution in [0.5, 0.6) is 0 Å². The van der Waals surface area contributed by atoms with Gasteiger partial charge in [0.05, 0.1) is 5.39 Å². The molecule has 0 atom stereocenters. The summed E-state index contributed by atoms with van der Waals surface area (Å²) in [5, 5.41) is 6.34. The molecule has 0 spiro atoms. The lowest BCUT2D eigenvalue weighted by Gasteiger charge is -2.01. The average molecular weight is 247 g/mol. The van der Waals surface area contributed by atoms with Crippen LogP contribution in [0.25, 0.3) is 10.1 Å². The van der Waals surface area contributed by atoms with Crippen LogP contribution in [0.2, 0.25) is 0 Å². The van der Waals surface area contributed by atoms with Crippen LogP contribution in [-0.2, 0) is 6.54 Å². The molecule has 0 aliphatic carbocycles. The molecule has 0 bridgehead atoms. The van der Waals surface area contributed by atoms with E-state index in [0.29, 0.717) is 18.3 Å². The second-order valence-electron chi connectivity index (χ2n) is 3.68. The second kappa shape index (κ2) is 3.81. The van der Waals surface area contributed by atoms with E-state index in [9.17, 15) is 4.79 Å². The van der Waals surface area contributed by atoms with E-state index in [4.69, 9.17) is 4.52 Å². The van der Waals surface area contributed by atoms with Crippen molar-refractivity contribution in [2.75, 3.05) is 0 Å². The zero-order valence-corrected chi connectivity index (χ0v) is 9.90. The molecule has 0 unspecified atom stereocenters. The van der Waals surface area contributed by atoms with Crippen molar-refractivity contribution in [2.24, 2.45) is 0 Å². The highest BCUT2D eigenvalue weighted by Crippen LogP contribution is 2.16. The Bertz CT molecular complexity index is 725. The smallest absolute Gasteiger partial charge is 0.259 e. The Morgan fingerprint density at radius 1 is 1.47 bits per heavy atom. The molecule has 86 valence electrons. The molecule has 3 aromatic rings. The molecule has 0 amide bonds. The van der Waals surface area contributed by atoms with Gasteiger partial charge in [0.15, 0.2) is 5.82 Å². The van der Waals surface area contributed by atoms with Gasteiger partial charge < -0.3 is 9.09 Å². The van der Waals surface area contributed by atoms with Crippen molar-refractivity contribution in [3.63, 3.8) is 0 Å². The van der Waals surface area contributed by atoms with Crippen LogP contribution in [0.4, 0.5) is 0 Å². The van der Waals surface area contributed by atoms with Gasteiger partial charge in [0.1, 0.15) is 6.54 Å². The number of pyridine rings is 1. The van der Waals surface area contributed by atoms with E-state index in [-0.39, 0.29) is 5.56 Å². The fourth-order valence-corrected chi connectivity index (χ4v) is 2.45. The van der Waals surface area contributed by atoms with Gasteiger partial charge in [-0.3, -0.25) is 4.79 Å². The lowest BCUT2D eigenvalue weighted by Crippen LogP contribution is -2.19. The van der Waals surface area contributed by atoms with E-state index in [0.717, 1.165) is 10.1 Å². The summed E-state index contributed by atoms with van der Waals surface area (Å²) < 4.78 is 7.56. The van der Waals surface area contributed by atoms with E-state index < -0.39 is 0 Å². The fraction of sp³-hybridized carbons (Fsp3) is 0.182. The summed E-state index contributed by atoms with van der Waals surface area (Å²) >= 11 is 1.56. The maximum Gasteiger partial charge on any atom is 0.259 e. The third-order valence-electron chi connectivity index (χ3n) is 2.47. The molecule has 17 heavy (non-hydrogen) atoms. The van der Waals surface area contributed by atoms with E-state index in [1.165, 1.54) is 0 Å². The summed E-state index contributed by atoms with van der Waals surface area (Å²) in [5.41, 5.74) is -0.0281. The molecule has 6 heteroatoms. The minimum Gasteiger partial charge on any atom is -0.337 e. The minimum atomic E-state index is -0.0281. The summed E-state index contributed by atoms with van der Waals surface area (Å²) in [6, 6.07) is 3.75. The summed E-state index contributed by atoms with van der Waals surface area (Å²) in [7, 11) is 0. The molecule has 0 N–H and O–H groups in total. The molecule has 0 saturated carbocycles. The van der Waals surface area contributed by atoms with Crippen molar-refractivity contribution < 1.29 is 4.52 Å². The quantitative estimate of drug-likeness (QED) is 0.692. The predicted molar refractivity (Wildman–Crippen MR) is 64.2 cm³/mol. The molecule has 0 saturated heterocycles. The van der Waals surface area contributed by atoms with Gasteiger partial charge >= 0.3 is 0 Å². The van der Waals surface area contributed by atoms with Crippen molar-refractivity contribution in [3.05, 3.63) is 45.8 Å². The van der Waals surface area contributed by atoms with Crippen LogP contribution >= 0.6 is 11.3 Å². The van der Waals surface area contributed by atoms with Crippen LogP contribution < -0.4 is 5.56 Å². The number of hydrogen-bond acceptors (Lipinski definition) is 5. The van der Waals surface area contributed by atoms with Crippen LogP contribution in [0.3, 0.4) is 0 Å². The van der Waals surface area contributed by atoms with Crippen molar-refractivity contribution in [2.45, 2.75) is 13.5 Å². The van der Waals surface area contributed by atoms with Gasteiger partial charge in [-0.25, -0.2) is 0 Å². The van der Waals surface area contributed by atoms with Gasteiger partial charge in [0.25, 0.3) is 5.56 Å². The number of rotatable bonds is 2. The van der Waals surface area contributed by atoms with Crippen LogP contribution in [0, 0.1) is 6.92 Å². The highest BCUT2D eigenvalue weighted by Gasteiger charge is 2.07. The van der Waals surface area contributed by atoms with E-state index >= 15 is 0 Å². The normalized spacial score (nSPS) is 11.1. The van der Waals surface area contributed by atoms with Gasteiger partial charge in [0, 0.05) is 10.9 Å². The highest BCUT2D eigenvalue weighted by atomic mass is 32.1. The molecular weight excluding hydrogens is 238 g/mol. The molecule has 0 aliphatic heterocycles. The maximum absolute atomic E-state index is 12.1. The first-order valence-corrected chi connectivity index (χ1v) is 5.98. The number of aryl methyl sites for hydroxylation is 1. The maximum atomic E-state index is 12.1. The van der Waals surface area contributed by atoms with Crippen LogP contribution in [0.1, 0.15) is 11.7 Å². The zero-order chi connectivity index (χ0) is 11.8. The Balaban J connectivity index is 2.06. The van der Waals surface area contributed by atoms with Gasteiger partial charge in [-0.2, -0.15) is 4.98 Å². The number of aromatic nitrogens is 3. The minimum absolute atomic E-state index is 0.0281. The fourth-order valence-electron chi connectivity index (χ4n) is 1.68. The van der Waals surface area contributed by atoms with Crippen molar-refractivity contribution in [1.29, 1.82) is 0 Å². The summed E-state index contributed by atoms with van der Waals surface area (Å²) in [4.78, 5) is 16.2. The predicted octanol–water partition coefficient (Wildman–Crippen LogP) is 1.80. The average Bonchev–Trinajstić information content (AvgIpc) is 2.92. The van der Waals surface area contributed by atoms with Gasteiger partial charge in [-0.1, -0.05) is 5.16 Å². The van der Waals surface area contributed by atoms with Gasteiger partial charge in [-0.05, 0) is 24.4 Å². The molecule has 3 rings (SSSR count). The molecule has 5 nitrogen and oxygen atoms in total. The Morgan fingerprint density at radius 3 is 3.12 bits per heavy atom. The number of fused-ring (bicyclic) bond motifs is 1.